The molecule has 0 amide bonds. The van der Waals surface area contributed by atoms with Gasteiger partial charge < -0.3 is 4.74 Å². The lowest BCUT2D eigenvalue weighted by Gasteiger charge is -2.26. The fraction of sp³-hybridized carbons (Fsp3) is 0.529. The minimum Gasteiger partial charge on any atom is -0.494 e. The predicted octanol–water partition coefficient (Wildman–Crippen LogP) is 3.62. The molecule has 0 bridgehead atoms. The number of rotatable bonds is 3. The molecular formula is C17H23N3O. The van der Waals surface area contributed by atoms with Crippen LogP contribution >= 0.6 is 0 Å². The summed E-state index contributed by atoms with van der Waals surface area (Å²) in [7, 11) is 1.73. The molecule has 1 saturated carbocycles. The van der Waals surface area contributed by atoms with Gasteiger partial charge in [-0.25, -0.2) is 4.68 Å². The standard InChI is InChI=1S/C17H23N3O/c1-16(2,3)13-10-12(17(4)6-7-17)11-14(15(13)21-5)20-9-8-18-19-20/h8-11H,6-7H2,1-5H3. The lowest BCUT2D eigenvalue weighted by molar-refractivity contribution is 0.394. The van der Waals surface area contributed by atoms with Crippen molar-refractivity contribution < 1.29 is 4.74 Å². The van der Waals surface area contributed by atoms with Crippen molar-refractivity contribution >= 4 is 0 Å². The third-order valence-electron chi connectivity index (χ3n) is 4.45. The highest BCUT2D eigenvalue weighted by Crippen LogP contribution is 2.50. The van der Waals surface area contributed by atoms with E-state index in [1.807, 2.05) is 6.20 Å². The average Bonchev–Trinajstić information content (AvgIpc) is 2.97. The zero-order valence-corrected chi connectivity index (χ0v) is 13.5. The van der Waals surface area contributed by atoms with Crippen molar-refractivity contribution in [2.24, 2.45) is 0 Å². The van der Waals surface area contributed by atoms with Gasteiger partial charge in [0, 0.05) is 5.56 Å². The number of benzene rings is 1. The summed E-state index contributed by atoms with van der Waals surface area (Å²) >= 11 is 0. The Bertz CT molecular complexity index is 649. The molecule has 0 radical (unpaired) electrons. The molecule has 2 aromatic rings. The lowest BCUT2D eigenvalue weighted by atomic mass is 9.82. The lowest BCUT2D eigenvalue weighted by Crippen LogP contribution is -2.17. The van der Waals surface area contributed by atoms with Crippen LogP contribution in [0.5, 0.6) is 5.75 Å². The molecule has 4 heteroatoms. The van der Waals surface area contributed by atoms with Crippen molar-refractivity contribution in [3.63, 3.8) is 0 Å². The molecule has 21 heavy (non-hydrogen) atoms. The van der Waals surface area contributed by atoms with E-state index in [9.17, 15) is 0 Å². The van der Waals surface area contributed by atoms with Crippen molar-refractivity contribution in [1.29, 1.82) is 0 Å². The Morgan fingerprint density at radius 1 is 1.24 bits per heavy atom. The Labute approximate surface area is 126 Å². The van der Waals surface area contributed by atoms with Gasteiger partial charge >= 0.3 is 0 Å². The van der Waals surface area contributed by atoms with Crippen LogP contribution in [0.15, 0.2) is 24.5 Å². The second kappa shape index (κ2) is 4.58. The molecule has 4 nitrogen and oxygen atoms in total. The van der Waals surface area contributed by atoms with E-state index >= 15 is 0 Å². The summed E-state index contributed by atoms with van der Waals surface area (Å²) in [6.07, 6.45) is 6.06. The number of methoxy groups -OCH3 is 1. The number of aromatic nitrogens is 3. The summed E-state index contributed by atoms with van der Waals surface area (Å²) in [6.45, 7) is 8.98. The van der Waals surface area contributed by atoms with Gasteiger partial charge in [-0.3, -0.25) is 0 Å². The van der Waals surface area contributed by atoms with E-state index in [-0.39, 0.29) is 5.41 Å². The van der Waals surface area contributed by atoms with Crippen LogP contribution in [0.3, 0.4) is 0 Å². The quantitative estimate of drug-likeness (QED) is 0.864. The van der Waals surface area contributed by atoms with Crippen LogP contribution in [0, 0.1) is 0 Å². The number of ether oxygens (including phenoxy) is 1. The summed E-state index contributed by atoms with van der Waals surface area (Å²) in [5, 5.41) is 8.08. The van der Waals surface area contributed by atoms with E-state index in [1.54, 1.807) is 18.0 Å². The number of hydrogen-bond acceptors (Lipinski definition) is 3. The van der Waals surface area contributed by atoms with Gasteiger partial charge in [0.05, 0.1) is 19.5 Å². The number of nitrogens with zero attached hydrogens (tertiary/aromatic N) is 3. The van der Waals surface area contributed by atoms with Crippen LogP contribution in [-0.2, 0) is 10.8 Å². The first kappa shape index (κ1) is 14.1. The minimum atomic E-state index is 0.0158. The van der Waals surface area contributed by atoms with E-state index in [2.05, 4.69) is 50.1 Å². The fourth-order valence-electron chi connectivity index (χ4n) is 2.72. The monoisotopic (exact) mass is 285 g/mol. The second-order valence-corrected chi connectivity index (χ2v) is 7.23. The van der Waals surface area contributed by atoms with Gasteiger partial charge in [-0.15, -0.1) is 5.10 Å². The van der Waals surface area contributed by atoms with E-state index in [4.69, 9.17) is 4.74 Å². The maximum absolute atomic E-state index is 5.73. The topological polar surface area (TPSA) is 39.9 Å². The van der Waals surface area contributed by atoms with Gasteiger partial charge in [-0.1, -0.05) is 39.0 Å². The fourth-order valence-corrected chi connectivity index (χ4v) is 2.72. The Morgan fingerprint density at radius 2 is 1.95 bits per heavy atom. The van der Waals surface area contributed by atoms with Crippen molar-refractivity contribution in [1.82, 2.24) is 15.0 Å². The molecule has 1 aromatic heterocycles. The molecule has 3 rings (SSSR count). The minimum absolute atomic E-state index is 0.0158. The SMILES string of the molecule is COc1c(-n2ccnn2)cc(C2(C)CC2)cc1C(C)(C)C. The second-order valence-electron chi connectivity index (χ2n) is 7.23. The zero-order chi connectivity index (χ0) is 15.3. The van der Waals surface area contributed by atoms with Crippen LogP contribution < -0.4 is 4.74 Å². The highest BCUT2D eigenvalue weighted by atomic mass is 16.5. The first-order valence-corrected chi connectivity index (χ1v) is 7.45. The van der Waals surface area contributed by atoms with Crippen LogP contribution in [0.4, 0.5) is 0 Å². The average molecular weight is 285 g/mol. The van der Waals surface area contributed by atoms with Crippen LogP contribution in [0.2, 0.25) is 0 Å². The van der Waals surface area contributed by atoms with Crippen molar-refractivity contribution in [3.8, 4) is 11.4 Å². The zero-order valence-electron chi connectivity index (χ0n) is 13.5. The Kier molecular flexibility index (Phi) is 3.08. The normalized spacial score (nSPS) is 16.8. The molecule has 0 N–H and O–H groups in total. The molecule has 0 atom stereocenters. The summed E-state index contributed by atoms with van der Waals surface area (Å²) in [5.41, 5.74) is 3.90. The molecule has 0 aliphatic heterocycles. The van der Waals surface area contributed by atoms with Crippen LogP contribution in [0.25, 0.3) is 5.69 Å². The van der Waals surface area contributed by atoms with Crippen LogP contribution in [0.1, 0.15) is 51.7 Å². The van der Waals surface area contributed by atoms with Crippen LogP contribution in [-0.4, -0.2) is 22.1 Å². The van der Waals surface area contributed by atoms with Crippen molar-refractivity contribution in [2.75, 3.05) is 7.11 Å². The molecule has 0 spiro atoms. The number of hydrogen-bond donors (Lipinski definition) is 0. The van der Waals surface area contributed by atoms with E-state index in [0.717, 1.165) is 11.4 Å². The van der Waals surface area contributed by atoms with Gasteiger partial charge in [0.25, 0.3) is 0 Å². The summed E-state index contributed by atoms with van der Waals surface area (Å²) in [4.78, 5) is 0. The molecule has 112 valence electrons. The first-order valence-electron chi connectivity index (χ1n) is 7.45. The molecule has 1 fully saturated rings. The molecule has 1 aliphatic rings. The molecule has 1 aliphatic carbocycles. The van der Waals surface area contributed by atoms with Crippen molar-refractivity contribution in [2.45, 2.75) is 51.4 Å². The molecule has 0 unspecified atom stereocenters. The molecular weight excluding hydrogens is 262 g/mol. The van der Waals surface area contributed by atoms with E-state index in [1.165, 1.54) is 24.0 Å². The Balaban J connectivity index is 2.26. The molecule has 1 heterocycles. The maximum Gasteiger partial charge on any atom is 0.148 e. The van der Waals surface area contributed by atoms with Gasteiger partial charge in [0.15, 0.2) is 0 Å². The summed E-state index contributed by atoms with van der Waals surface area (Å²) in [6, 6.07) is 4.52. The maximum atomic E-state index is 5.73. The summed E-state index contributed by atoms with van der Waals surface area (Å²) < 4.78 is 7.52. The van der Waals surface area contributed by atoms with Gasteiger partial charge in [-0.05, 0) is 35.3 Å². The highest BCUT2D eigenvalue weighted by molar-refractivity contribution is 5.58. The first-order chi connectivity index (χ1) is 9.85. The van der Waals surface area contributed by atoms with Gasteiger partial charge in [0.1, 0.15) is 11.4 Å². The van der Waals surface area contributed by atoms with Crippen molar-refractivity contribution in [3.05, 3.63) is 35.7 Å². The Morgan fingerprint density at radius 3 is 2.43 bits per heavy atom. The van der Waals surface area contributed by atoms with Gasteiger partial charge in [0.2, 0.25) is 0 Å². The van der Waals surface area contributed by atoms with E-state index in [0.29, 0.717) is 5.41 Å². The Hall–Kier alpha value is -1.84. The van der Waals surface area contributed by atoms with Gasteiger partial charge in [-0.2, -0.15) is 0 Å². The largest absolute Gasteiger partial charge is 0.494 e. The molecule has 0 saturated heterocycles. The van der Waals surface area contributed by atoms with E-state index < -0.39 is 0 Å². The highest BCUT2D eigenvalue weighted by Gasteiger charge is 2.40. The summed E-state index contributed by atoms with van der Waals surface area (Å²) in [5.74, 6) is 0.890. The third-order valence-corrected chi connectivity index (χ3v) is 4.45. The molecule has 1 aromatic carbocycles. The predicted molar refractivity (Wildman–Crippen MR) is 83.2 cm³/mol. The third kappa shape index (κ3) is 2.43. The smallest absolute Gasteiger partial charge is 0.148 e.